The van der Waals surface area contributed by atoms with Crippen LogP contribution in [0.3, 0.4) is 0 Å². The normalized spacial score (nSPS) is 26.8. The van der Waals surface area contributed by atoms with E-state index in [0.29, 0.717) is 22.8 Å². The minimum absolute atomic E-state index is 0.0156. The van der Waals surface area contributed by atoms with Crippen LogP contribution >= 0.6 is 0 Å². The zero-order chi connectivity index (χ0) is 16.0. The molecule has 2 aromatic rings. The summed E-state index contributed by atoms with van der Waals surface area (Å²) in [5, 5.41) is 0. The van der Waals surface area contributed by atoms with E-state index in [1.165, 1.54) is 6.20 Å². The summed E-state index contributed by atoms with van der Waals surface area (Å²) in [5.41, 5.74) is 1.49. The molecule has 0 bridgehead atoms. The summed E-state index contributed by atoms with van der Waals surface area (Å²) in [6, 6.07) is 1.69. The van der Waals surface area contributed by atoms with Gasteiger partial charge in [0.05, 0.1) is 17.2 Å². The molecule has 1 saturated carbocycles. The number of carbonyl (C=O) groups is 1. The van der Waals surface area contributed by atoms with Gasteiger partial charge in [-0.3, -0.25) is 9.78 Å². The predicted molar refractivity (Wildman–Crippen MR) is 84.3 cm³/mol. The van der Waals surface area contributed by atoms with Crippen LogP contribution in [-0.4, -0.2) is 51.6 Å². The third-order valence-corrected chi connectivity index (χ3v) is 5.06. The number of hydrogen-bond donors (Lipinski definition) is 2. The first kappa shape index (κ1) is 14.4. The Bertz CT molecular complexity index is 803. The van der Waals surface area contributed by atoms with Crippen molar-refractivity contribution in [3.05, 3.63) is 28.3 Å². The van der Waals surface area contributed by atoms with Gasteiger partial charge in [0.15, 0.2) is 5.65 Å². The van der Waals surface area contributed by atoms with Gasteiger partial charge in [0.2, 0.25) is 0 Å². The van der Waals surface area contributed by atoms with Gasteiger partial charge in [-0.25, -0.2) is 9.78 Å². The van der Waals surface area contributed by atoms with E-state index in [2.05, 4.69) is 15.0 Å². The highest BCUT2D eigenvalue weighted by molar-refractivity contribution is 5.96. The van der Waals surface area contributed by atoms with Crippen LogP contribution in [-0.2, 0) is 4.74 Å². The van der Waals surface area contributed by atoms with Crippen LogP contribution < -0.4 is 5.69 Å². The van der Waals surface area contributed by atoms with Crippen molar-refractivity contribution in [3.63, 3.8) is 0 Å². The standard InChI is InChI=1S/C16H20N4O3/c1-2-23-11-6-16(7-11)3-4-20(9-16)14(21)10-5-12-13(17-8-10)19-15(22)18-12/h5,8,11H,2-4,6-7,9H2,1H3,(H2,17,18,19,22). The first-order chi connectivity index (χ1) is 11.1. The second-order valence-electron chi connectivity index (χ2n) is 6.66. The van der Waals surface area contributed by atoms with Crippen LogP contribution in [0, 0.1) is 5.41 Å². The van der Waals surface area contributed by atoms with Gasteiger partial charge in [-0.2, -0.15) is 0 Å². The lowest BCUT2D eigenvalue weighted by atomic mass is 9.66. The van der Waals surface area contributed by atoms with Crippen molar-refractivity contribution >= 4 is 17.1 Å². The molecule has 1 aliphatic carbocycles. The number of nitrogens with one attached hydrogen (secondary N) is 2. The number of amides is 1. The van der Waals surface area contributed by atoms with Gasteiger partial charge in [-0.15, -0.1) is 0 Å². The summed E-state index contributed by atoms with van der Waals surface area (Å²) in [7, 11) is 0. The number of aromatic amines is 2. The number of ether oxygens (including phenoxy) is 1. The lowest BCUT2D eigenvalue weighted by Gasteiger charge is -2.44. The van der Waals surface area contributed by atoms with E-state index in [-0.39, 0.29) is 17.0 Å². The highest BCUT2D eigenvalue weighted by Gasteiger charge is 2.49. The molecular formula is C16H20N4O3. The summed E-state index contributed by atoms with van der Waals surface area (Å²) >= 11 is 0. The van der Waals surface area contributed by atoms with Crippen molar-refractivity contribution in [1.82, 2.24) is 19.9 Å². The molecule has 7 nitrogen and oxygen atoms in total. The Balaban J connectivity index is 1.48. The van der Waals surface area contributed by atoms with Crippen molar-refractivity contribution in [2.75, 3.05) is 19.7 Å². The van der Waals surface area contributed by atoms with Gasteiger partial charge in [-0.1, -0.05) is 0 Å². The molecule has 1 aliphatic heterocycles. The summed E-state index contributed by atoms with van der Waals surface area (Å²) in [5.74, 6) is -0.0156. The highest BCUT2D eigenvalue weighted by atomic mass is 16.5. The molecule has 122 valence electrons. The van der Waals surface area contributed by atoms with Crippen molar-refractivity contribution in [3.8, 4) is 0 Å². The molecule has 7 heteroatoms. The molecule has 1 amide bonds. The zero-order valence-electron chi connectivity index (χ0n) is 13.1. The van der Waals surface area contributed by atoms with Gasteiger partial charge in [-0.05, 0) is 37.7 Å². The third kappa shape index (κ3) is 2.45. The van der Waals surface area contributed by atoms with E-state index in [1.54, 1.807) is 6.07 Å². The van der Waals surface area contributed by atoms with Gasteiger partial charge < -0.3 is 14.6 Å². The number of hydrogen-bond acceptors (Lipinski definition) is 4. The number of carbonyl (C=O) groups excluding carboxylic acids is 1. The molecule has 2 aliphatic rings. The van der Waals surface area contributed by atoms with Gasteiger partial charge in [0.1, 0.15) is 0 Å². The molecule has 3 heterocycles. The Labute approximate surface area is 133 Å². The minimum atomic E-state index is -0.311. The smallest absolute Gasteiger partial charge is 0.325 e. The first-order valence-corrected chi connectivity index (χ1v) is 8.07. The Morgan fingerprint density at radius 3 is 3.09 bits per heavy atom. The van der Waals surface area contributed by atoms with Crippen molar-refractivity contribution < 1.29 is 9.53 Å². The number of rotatable bonds is 3. The maximum atomic E-state index is 12.7. The fourth-order valence-corrected chi connectivity index (χ4v) is 3.92. The maximum Gasteiger partial charge on any atom is 0.325 e. The highest BCUT2D eigenvalue weighted by Crippen LogP contribution is 2.49. The number of fused-ring (bicyclic) bond motifs is 1. The van der Waals surface area contributed by atoms with Crippen molar-refractivity contribution in [1.29, 1.82) is 0 Å². The van der Waals surface area contributed by atoms with E-state index < -0.39 is 0 Å². The van der Waals surface area contributed by atoms with Crippen LogP contribution in [0.1, 0.15) is 36.5 Å². The average molecular weight is 316 g/mol. The number of aromatic nitrogens is 3. The molecule has 2 N–H and O–H groups in total. The van der Waals surface area contributed by atoms with Gasteiger partial charge in [0.25, 0.3) is 5.91 Å². The number of imidazole rings is 1. The van der Waals surface area contributed by atoms with Gasteiger partial charge in [0, 0.05) is 25.9 Å². The Morgan fingerprint density at radius 1 is 1.48 bits per heavy atom. The van der Waals surface area contributed by atoms with Crippen LogP contribution in [0.2, 0.25) is 0 Å². The van der Waals surface area contributed by atoms with E-state index in [4.69, 9.17) is 4.74 Å². The average Bonchev–Trinajstić information content (AvgIpc) is 3.08. The van der Waals surface area contributed by atoms with E-state index in [0.717, 1.165) is 39.0 Å². The van der Waals surface area contributed by atoms with Crippen LogP contribution in [0.5, 0.6) is 0 Å². The molecule has 2 fully saturated rings. The summed E-state index contributed by atoms with van der Waals surface area (Å²) < 4.78 is 5.64. The Hall–Kier alpha value is -2.15. The van der Waals surface area contributed by atoms with Gasteiger partial charge >= 0.3 is 5.69 Å². The van der Waals surface area contributed by atoms with Crippen LogP contribution in [0.25, 0.3) is 11.2 Å². The van der Waals surface area contributed by atoms with E-state index >= 15 is 0 Å². The lowest BCUT2D eigenvalue weighted by molar-refractivity contribution is -0.0707. The molecule has 2 aromatic heterocycles. The number of H-pyrrole nitrogens is 2. The fraction of sp³-hybridized carbons (Fsp3) is 0.562. The molecule has 23 heavy (non-hydrogen) atoms. The molecule has 0 unspecified atom stereocenters. The molecule has 1 spiro atoms. The number of nitrogens with zero attached hydrogens (tertiary/aromatic N) is 2. The van der Waals surface area contributed by atoms with Crippen LogP contribution in [0.15, 0.2) is 17.1 Å². The third-order valence-electron chi connectivity index (χ3n) is 5.06. The predicted octanol–water partition coefficient (Wildman–Crippen LogP) is 1.28. The van der Waals surface area contributed by atoms with Crippen molar-refractivity contribution in [2.45, 2.75) is 32.3 Å². The minimum Gasteiger partial charge on any atom is -0.378 e. The largest absolute Gasteiger partial charge is 0.378 e. The quantitative estimate of drug-likeness (QED) is 0.892. The lowest BCUT2D eigenvalue weighted by Crippen LogP contribution is -2.45. The molecule has 1 saturated heterocycles. The molecule has 0 aromatic carbocycles. The maximum absolute atomic E-state index is 12.7. The first-order valence-electron chi connectivity index (χ1n) is 8.07. The van der Waals surface area contributed by atoms with Crippen LogP contribution in [0.4, 0.5) is 0 Å². The number of pyridine rings is 1. The number of likely N-dealkylation sites (tertiary alicyclic amines) is 1. The monoisotopic (exact) mass is 316 g/mol. The molecular weight excluding hydrogens is 296 g/mol. The summed E-state index contributed by atoms with van der Waals surface area (Å²) in [6.45, 7) is 4.34. The topological polar surface area (TPSA) is 91.1 Å². The second-order valence-corrected chi connectivity index (χ2v) is 6.66. The Kier molecular flexibility index (Phi) is 3.26. The second kappa shape index (κ2) is 5.19. The molecule has 0 radical (unpaired) electrons. The SMILES string of the molecule is CCOC1CC2(CCN(C(=O)c3cnc4[nH]c(=O)[nH]c4c3)C2)C1. The van der Waals surface area contributed by atoms with E-state index in [1.807, 2.05) is 11.8 Å². The molecule has 0 atom stereocenters. The summed E-state index contributed by atoms with van der Waals surface area (Å²) in [4.78, 5) is 35.2. The van der Waals surface area contributed by atoms with E-state index in [9.17, 15) is 9.59 Å². The Morgan fingerprint density at radius 2 is 2.30 bits per heavy atom. The zero-order valence-corrected chi connectivity index (χ0v) is 13.1. The summed E-state index contributed by atoms with van der Waals surface area (Å²) in [6.07, 6.45) is 5.03. The van der Waals surface area contributed by atoms with Crippen molar-refractivity contribution in [2.24, 2.45) is 5.41 Å². The molecule has 4 rings (SSSR count). The fourth-order valence-electron chi connectivity index (χ4n) is 3.92.